The van der Waals surface area contributed by atoms with Crippen LogP contribution in [0.2, 0.25) is 0 Å². The summed E-state index contributed by atoms with van der Waals surface area (Å²) in [6.07, 6.45) is 10.9. The number of hydrogen-bond donors (Lipinski definition) is 0. The summed E-state index contributed by atoms with van der Waals surface area (Å²) in [6.45, 7) is 4.47. The molecular weight excluding hydrogens is 200 g/mol. The van der Waals surface area contributed by atoms with Gasteiger partial charge in [-0.1, -0.05) is 46.0 Å². The van der Waals surface area contributed by atoms with E-state index in [0.717, 1.165) is 0 Å². The van der Waals surface area contributed by atoms with Crippen LogP contribution < -0.4 is 0 Å². The molecule has 2 nitrogen and oxygen atoms in total. The molecule has 16 heavy (non-hydrogen) atoms. The molecule has 96 valence electrons. The summed E-state index contributed by atoms with van der Waals surface area (Å²) in [4.78, 5) is 0. The molecule has 1 aliphatic heterocycles. The minimum atomic E-state index is 0.0365. The fraction of sp³-hybridized carbons (Fsp3) is 1.00. The highest BCUT2D eigenvalue weighted by atomic mass is 16.7. The van der Waals surface area contributed by atoms with Crippen LogP contribution in [0.25, 0.3) is 0 Å². The van der Waals surface area contributed by atoms with Gasteiger partial charge in [0.15, 0.2) is 6.29 Å². The van der Waals surface area contributed by atoms with Gasteiger partial charge in [-0.3, -0.25) is 0 Å². The molecule has 0 bridgehead atoms. The van der Waals surface area contributed by atoms with Crippen molar-refractivity contribution in [3.05, 3.63) is 0 Å². The van der Waals surface area contributed by atoms with E-state index in [1.54, 1.807) is 7.11 Å². The Morgan fingerprint density at radius 2 is 1.88 bits per heavy atom. The topological polar surface area (TPSA) is 18.5 Å². The molecule has 0 spiro atoms. The summed E-state index contributed by atoms with van der Waals surface area (Å²) < 4.78 is 11.3. The van der Waals surface area contributed by atoms with Crippen LogP contribution in [-0.2, 0) is 9.47 Å². The van der Waals surface area contributed by atoms with Crippen LogP contribution in [0.5, 0.6) is 0 Å². The van der Waals surface area contributed by atoms with Crippen molar-refractivity contribution in [1.82, 2.24) is 0 Å². The third-order valence-corrected chi connectivity index (χ3v) is 3.60. The fourth-order valence-electron chi connectivity index (χ4n) is 2.45. The van der Waals surface area contributed by atoms with Crippen molar-refractivity contribution in [3.63, 3.8) is 0 Å². The molecule has 0 aliphatic carbocycles. The van der Waals surface area contributed by atoms with Crippen molar-refractivity contribution in [3.8, 4) is 0 Å². The lowest BCUT2D eigenvalue weighted by atomic mass is 9.95. The Balaban J connectivity index is 2.08. The maximum absolute atomic E-state index is 5.93. The van der Waals surface area contributed by atoms with Gasteiger partial charge in [-0.25, -0.2) is 0 Å². The van der Waals surface area contributed by atoms with Gasteiger partial charge in [-0.05, 0) is 19.3 Å². The molecule has 1 fully saturated rings. The maximum Gasteiger partial charge on any atom is 0.160 e. The Bertz CT molecular complexity index is 170. The van der Waals surface area contributed by atoms with E-state index in [1.165, 1.54) is 51.4 Å². The third kappa shape index (κ3) is 4.84. The minimum Gasteiger partial charge on any atom is -0.356 e. The van der Waals surface area contributed by atoms with E-state index in [9.17, 15) is 0 Å². The number of rotatable bonds is 7. The molecule has 1 heterocycles. The van der Waals surface area contributed by atoms with Crippen LogP contribution in [0.1, 0.15) is 65.2 Å². The van der Waals surface area contributed by atoms with Gasteiger partial charge in [0.25, 0.3) is 0 Å². The molecule has 3 atom stereocenters. The molecule has 0 radical (unpaired) electrons. The van der Waals surface area contributed by atoms with Crippen molar-refractivity contribution >= 4 is 0 Å². The molecule has 1 saturated heterocycles. The molecule has 1 aliphatic rings. The van der Waals surface area contributed by atoms with Gasteiger partial charge in [0.05, 0.1) is 6.10 Å². The van der Waals surface area contributed by atoms with E-state index in [1.807, 2.05) is 0 Å². The van der Waals surface area contributed by atoms with E-state index in [4.69, 9.17) is 9.47 Å². The van der Waals surface area contributed by atoms with Gasteiger partial charge >= 0.3 is 0 Å². The van der Waals surface area contributed by atoms with E-state index in [0.29, 0.717) is 12.0 Å². The summed E-state index contributed by atoms with van der Waals surface area (Å²) in [5.41, 5.74) is 0. The number of unbranched alkanes of at least 4 members (excludes halogenated alkanes) is 4. The van der Waals surface area contributed by atoms with Crippen LogP contribution in [0.4, 0.5) is 0 Å². The zero-order valence-corrected chi connectivity index (χ0v) is 11.2. The largest absolute Gasteiger partial charge is 0.356 e. The first-order valence-electron chi connectivity index (χ1n) is 6.96. The van der Waals surface area contributed by atoms with Crippen LogP contribution in [0, 0.1) is 5.92 Å². The summed E-state index contributed by atoms with van der Waals surface area (Å²) in [5.74, 6) is 0.557. The molecule has 0 aromatic heterocycles. The Kier molecular flexibility index (Phi) is 7.06. The lowest BCUT2D eigenvalue weighted by Crippen LogP contribution is -2.34. The van der Waals surface area contributed by atoms with E-state index in [-0.39, 0.29) is 6.29 Å². The Labute approximate surface area is 101 Å². The quantitative estimate of drug-likeness (QED) is 0.610. The van der Waals surface area contributed by atoms with Crippen LogP contribution in [0.15, 0.2) is 0 Å². The summed E-state index contributed by atoms with van der Waals surface area (Å²) in [5, 5.41) is 0. The second kappa shape index (κ2) is 8.08. The Morgan fingerprint density at radius 3 is 2.56 bits per heavy atom. The van der Waals surface area contributed by atoms with Gasteiger partial charge < -0.3 is 9.47 Å². The highest BCUT2D eigenvalue weighted by Crippen LogP contribution is 2.27. The van der Waals surface area contributed by atoms with Crippen molar-refractivity contribution in [2.45, 2.75) is 77.6 Å². The normalized spacial score (nSPS) is 30.6. The lowest BCUT2D eigenvalue weighted by Gasteiger charge is -2.33. The molecule has 0 amide bonds. The SMILES string of the molecule is CCCCCCC[C@H]1CC[C@H](C)[C@H](OC)O1. The predicted molar refractivity (Wildman–Crippen MR) is 67.4 cm³/mol. The Hall–Kier alpha value is -0.0800. The van der Waals surface area contributed by atoms with Gasteiger partial charge in [0.2, 0.25) is 0 Å². The molecule has 0 saturated carbocycles. The number of ether oxygens (including phenoxy) is 2. The number of hydrogen-bond acceptors (Lipinski definition) is 2. The molecule has 0 aromatic rings. The zero-order valence-electron chi connectivity index (χ0n) is 11.2. The first-order chi connectivity index (χ1) is 7.77. The van der Waals surface area contributed by atoms with Crippen LogP contribution in [-0.4, -0.2) is 19.5 Å². The first kappa shape index (κ1) is 14.0. The smallest absolute Gasteiger partial charge is 0.160 e. The average molecular weight is 228 g/mol. The van der Waals surface area contributed by atoms with Crippen LogP contribution >= 0.6 is 0 Å². The van der Waals surface area contributed by atoms with Gasteiger partial charge in [0.1, 0.15) is 0 Å². The second-order valence-electron chi connectivity index (χ2n) is 5.12. The van der Waals surface area contributed by atoms with Gasteiger partial charge in [-0.2, -0.15) is 0 Å². The molecule has 0 unspecified atom stereocenters. The summed E-state index contributed by atoms with van der Waals surface area (Å²) >= 11 is 0. The van der Waals surface area contributed by atoms with Crippen molar-refractivity contribution in [2.75, 3.05) is 7.11 Å². The lowest BCUT2D eigenvalue weighted by molar-refractivity contribution is -0.206. The first-order valence-corrected chi connectivity index (χ1v) is 6.96. The highest BCUT2D eigenvalue weighted by molar-refractivity contribution is 4.71. The van der Waals surface area contributed by atoms with E-state index < -0.39 is 0 Å². The molecule has 0 N–H and O–H groups in total. The number of methoxy groups -OCH3 is 1. The Morgan fingerprint density at radius 1 is 1.12 bits per heavy atom. The zero-order chi connectivity index (χ0) is 11.8. The molecule has 1 rings (SSSR count). The predicted octanol–water partition coefficient (Wildman–Crippen LogP) is 4.13. The summed E-state index contributed by atoms with van der Waals surface area (Å²) in [7, 11) is 1.75. The average Bonchev–Trinajstić information content (AvgIpc) is 2.31. The standard InChI is InChI=1S/C14H28O2/c1-4-5-6-7-8-9-13-11-10-12(2)14(15-3)16-13/h12-14H,4-11H2,1-3H3/t12-,13-,14+/m0/s1. The third-order valence-electron chi connectivity index (χ3n) is 3.60. The fourth-order valence-corrected chi connectivity index (χ4v) is 2.45. The van der Waals surface area contributed by atoms with Crippen LogP contribution in [0.3, 0.4) is 0 Å². The van der Waals surface area contributed by atoms with Crippen molar-refractivity contribution in [1.29, 1.82) is 0 Å². The summed E-state index contributed by atoms with van der Waals surface area (Å²) in [6, 6.07) is 0. The minimum absolute atomic E-state index is 0.0365. The monoisotopic (exact) mass is 228 g/mol. The van der Waals surface area contributed by atoms with Gasteiger partial charge in [0, 0.05) is 13.0 Å². The van der Waals surface area contributed by atoms with Crippen molar-refractivity contribution < 1.29 is 9.47 Å². The molecular formula is C14H28O2. The van der Waals surface area contributed by atoms with E-state index in [2.05, 4.69) is 13.8 Å². The molecule has 0 aromatic carbocycles. The highest BCUT2D eigenvalue weighted by Gasteiger charge is 2.27. The van der Waals surface area contributed by atoms with E-state index >= 15 is 0 Å². The molecule has 2 heteroatoms. The van der Waals surface area contributed by atoms with Crippen molar-refractivity contribution in [2.24, 2.45) is 5.92 Å². The van der Waals surface area contributed by atoms with Gasteiger partial charge in [-0.15, -0.1) is 0 Å². The maximum atomic E-state index is 5.93. The second-order valence-corrected chi connectivity index (χ2v) is 5.12.